The zero-order valence-electron chi connectivity index (χ0n) is 12.5. The van der Waals surface area contributed by atoms with E-state index in [9.17, 15) is 0 Å². The summed E-state index contributed by atoms with van der Waals surface area (Å²) >= 11 is 0. The number of hydrogen-bond acceptors (Lipinski definition) is 2. The maximum Gasteiger partial charge on any atom is 0.187 e. The zero-order chi connectivity index (χ0) is 13.9. The van der Waals surface area contributed by atoms with Gasteiger partial charge in [-0.25, -0.2) is 4.99 Å². The van der Waals surface area contributed by atoms with E-state index in [0.717, 1.165) is 12.3 Å². The van der Waals surface area contributed by atoms with Gasteiger partial charge in [0.1, 0.15) is 6.61 Å². The smallest absolute Gasteiger partial charge is 0.187 e. The van der Waals surface area contributed by atoms with Gasteiger partial charge in [-0.3, -0.25) is 0 Å². The monoisotopic (exact) mass is 259 g/mol. The lowest BCUT2D eigenvalue weighted by molar-refractivity contribution is 0.247. The van der Waals surface area contributed by atoms with Crippen molar-refractivity contribution in [3.05, 3.63) is 35.9 Å². The fourth-order valence-corrected chi connectivity index (χ4v) is 2.52. The molecular weight excluding hydrogens is 234 g/mol. The topological polar surface area (TPSA) is 21.6 Å². The van der Waals surface area contributed by atoms with Crippen LogP contribution in [0.1, 0.15) is 39.7 Å². The van der Waals surface area contributed by atoms with Crippen LogP contribution in [0.25, 0.3) is 0 Å². The molecule has 1 aliphatic rings. The Balaban J connectivity index is 2.08. The van der Waals surface area contributed by atoms with E-state index in [1.54, 1.807) is 0 Å². The van der Waals surface area contributed by atoms with E-state index in [0.29, 0.717) is 18.4 Å². The number of benzene rings is 1. The molecule has 2 rings (SSSR count). The van der Waals surface area contributed by atoms with Crippen molar-refractivity contribution in [2.45, 2.75) is 46.1 Å². The first-order chi connectivity index (χ1) is 9.04. The van der Waals surface area contributed by atoms with Gasteiger partial charge in [0, 0.05) is 12.3 Å². The maximum absolute atomic E-state index is 5.88. The zero-order valence-corrected chi connectivity index (χ0v) is 12.5. The molecule has 0 aliphatic carbocycles. The Kier molecular flexibility index (Phi) is 4.28. The van der Waals surface area contributed by atoms with Crippen LogP contribution < -0.4 is 0 Å². The Labute approximate surface area is 116 Å². The van der Waals surface area contributed by atoms with Crippen LogP contribution in [0.5, 0.6) is 0 Å². The summed E-state index contributed by atoms with van der Waals surface area (Å²) < 4.78 is 5.88. The first-order valence-electron chi connectivity index (χ1n) is 7.30. The van der Waals surface area contributed by atoms with Crippen molar-refractivity contribution in [3.63, 3.8) is 0 Å². The molecule has 2 heteroatoms. The Morgan fingerprint density at radius 1 is 1.26 bits per heavy atom. The molecule has 1 aromatic rings. The van der Waals surface area contributed by atoms with Gasteiger partial charge in [-0.15, -0.1) is 0 Å². The molecule has 0 saturated heterocycles. The molecule has 0 bridgehead atoms. The van der Waals surface area contributed by atoms with E-state index >= 15 is 0 Å². The van der Waals surface area contributed by atoms with Crippen molar-refractivity contribution < 1.29 is 4.74 Å². The van der Waals surface area contributed by atoms with Crippen LogP contribution in [0.15, 0.2) is 35.3 Å². The van der Waals surface area contributed by atoms with Crippen LogP contribution in [-0.2, 0) is 11.2 Å². The van der Waals surface area contributed by atoms with Gasteiger partial charge in [0.25, 0.3) is 0 Å². The lowest BCUT2D eigenvalue weighted by Gasteiger charge is -2.18. The minimum Gasteiger partial charge on any atom is -0.478 e. The normalized spacial score (nSPS) is 25.6. The Morgan fingerprint density at radius 2 is 1.95 bits per heavy atom. The molecule has 1 aromatic carbocycles. The Morgan fingerprint density at radius 3 is 2.58 bits per heavy atom. The molecular formula is C17H25NO. The molecule has 0 spiro atoms. The molecule has 0 aromatic heterocycles. The molecule has 0 unspecified atom stereocenters. The average molecular weight is 259 g/mol. The van der Waals surface area contributed by atoms with Crippen LogP contribution in [0.2, 0.25) is 0 Å². The largest absolute Gasteiger partial charge is 0.478 e. The Hall–Kier alpha value is -1.31. The lowest BCUT2D eigenvalue weighted by Crippen LogP contribution is -2.26. The average Bonchev–Trinajstić information content (AvgIpc) is 2.80. The number of nitrogens with zero attached hydrogens (tertiary/aromatic N) is 1. The Bertz CT molecular complexity index is 440. The molecule has 1 heterocycles. The summed E-state index contributed by atoms with van der Waals surface area (Å²) in [6, 6.07) is 10.5. The number of rotatable bonds is 5. The van der Waals surface area contributed by atoms with Crippen LogP contribution >= 0.6 is 0 Å². The predicted octanol–water partition coefficient (Wildman–Crippen LogP) is 4.10. The highest BCUT2D eigenvalue weighted by Gasteiger charge is 2.34. The van der Waals surface area contributed by atoms with Gasteiger partial charge >= 0.3 is 0 Å². The molecule has 0 fully saturated rings. The third kappa shape index (κ3) is 3.37. The molecule has 2 nitrogen and oxygen atoms in total. The van der Waals surface area contributed by atoms with Gasteiger partial charge < -0.3 is 4.74 Å². The van der Waals surface area contributed by atoms with Crippen molar-refractivity contribution in [2.24, 2.45) is 16.8 Å². The van der Waals surface area contributed by atoms with E-state index in [1.807, 2.05) is 0 Å². The number of hydrogen-bond donors (Lipinski definition) is 0. The van der Waals surface area contributed by atoms with Crippen molar-refractivity contribution in [1.29, 1.82) is 0 Å². The summed E-state index contributed by atoms with van der Waals surface area (Å²) in [7, 11) is 0. The minimum atomic E-state index is -0.0988. The van der Waals surface area contributed by atoms with Crippen molar-refractivity contribution in [3.8, 4) is 0 Å². The molecule has 104 valence electrons. The summed E-state index contributed by atoms with van der Waals surface area (Å²) in [5, 5.41) is 0. The van der Waals surface area contributed by atoms with Crippen LogP contribution in [0.3, 0.4) is 0 Å². The van der Waals surface area contributed by atoms with Gasteiger partial charge in [-0.1, -0.05) is 57.5 Å². The van der Waals surface area contributed by atoms with E-state index in [1.165, 1.54) is 12.0 Å². The standard InChI is InChI=1S/C17H25NO/c1-5-13(2)14(3)16-18-17(4,12-19-16)11-15-9-7-6-8-10-15/h6-10,13-14H,5,11-12H2,1-4H3/t13-,14-,17-/m0/s1. The van der Waals surface area contributed by atoms with Gasteiger partial charge in [-0.2, -0.15) is 0 Å². The van der Waals surface area contributed by atoms with Gasteiger partial charge in [-0.05, 0) is 18.4 Å². The summed E-state index contributed by atoms with van der Waals surface area (Å²) in [5.74, 6) is 1.99. The van der Waals surface area contributed by atoms with Crippen molar-refractivity contribution in [2.75, 3.05) is 6.61 Å². The lowest BCUT2D eigenvalue weighted by atomic mass is 9.92. The van der Waals surface area contributed by atoms with Crippen LogP contribution in [0, 0.1) is 11.8 Å². The van der Waals surface area contributed by atoms with E-state index in [2.05, 4.69) is 58.0 Å². The minimum absolute atomic E-state index is 0.0988. The molecule has 0 N–H and O–H groups in total. The second kappa shape index (κ2) is 5.77. The van der Waals surface area contributed by atoms with Gasteiger partial charge in [0.05, 0.1) is 5.54 Å². The predicted molar refractivity (Wildman–Crippen MR) is 80.6 cm³/mol. The SMILES string of the molecule is CC[C@H](C)[C@H](C)C1=N[C@@](C)(Cc2ccccc2)CO1. The summed E-state index contributed by atoms with van der Waals surface area (Å²) in [6.07, 6.45) is 2.11. The van der Waals surface area contributed by atoms with Gasteiger partial charge in [0.15, 0.2) is 5.90 Å². The van der Waals surface area contributed by atoms with Crippen molar-refractivity contribution >= 4 is 5.90 Å². The maximum atomic E-state index is 5.88. The number of ether oxygens (including phenoxy) is 1. The highest BCUT2D eigenvalue weighted by atomic mass is 16.5. The molecule has 1 aliphatic heterocycles. The fraction of sp³-hybridized carbons (Fsp3) is 0.588. The van der Waals surface area contributed by atoms with E-state index in [-0.39, 0.29) is 5.54 Å². The van der Waals surface area contributed by atoms with Gasteiger partial charge in [0.2, 0.25) is 0 Å². The summed E-state index contributed by atoms with van der Waals surface area (Å²) in [4.78, 5) is 4.88. The molecule has 19 heavy (non-hydrogen) atoms. The molecule has 0 saturated carbocycles. The van der Waals surface area contributed by atoms with E-state index < -0.39 is 0 Å². The summed E-state index contributed by atoms with van der Waals surface area (Å²) in [5.41, 5.74) is 1.23. The second-order valence-electron chi connectivity index (χ2n) is 6.07. The number of aliphatic imine (C=N–C) groups is 1. The highest BCUT2D eigenvalue weighted by Crippen LogP contribution is 2.28. The summed E-state index contributed by atoms with van der Waals surface area (Å²) in [6.45, 7) is 9.61. The second-order valence-corrected chi connectivity index (χ2v) is 6.07. The molecule has 0 amide bonds. The van der Waals surface area contributed by atoms with Crippen LogP contribution in [0.4, 0.5) is 0 Å². The van der Waals surface area contributed by atoms with Crippen molar-refractivity contribution in [1.82, 2.24) is 0 Å². The quantitative estimate of drug-likeness (QED) is 0.780. The first kappa shape index (κ1) is 14.1. The van der Waals surface area contributed by atoms with E-state index in [4.69, 9.17) is 9.73 Å². The molecule has 3 atom stereocenters. The highest BCUT2D eigenvalue weighted by molar-refractivity contribution is 5.80. The fourth-order valence-electron chi connectivity index (χ4n) is 2.52. The molecule has 0 radical (unpaired) electrons. The first-order valence-corrected chi connectivity index (χ1v) is 7.30. The third-order valence-electron chi connectivity index (χ3n) is 4.23. The third-order valence-corrected chi connectivity index (χ3v) is 4.23. The van der Waals surface area contributed by atoms with Crippen LogP contribution in [-0.4, -0.2) is 18.0 Å².